The van der Waals surface area contributed by atoms with Gasteiger partial charge in [0.15, 0.2) is 0 Å². The number of benzene rings is 1. The molecule has 1 aromatic carbocycles. The molecule has 1 aromatic rings. The highest BCUT2D eigenvalue weighted by molar-refractivity contribution is 6.03. The molecule has 1 aliphatic rings. The molecule has 1 aliphatic heterocycles. The van der Waals surface area contributed by atoms with E-state index in [-0.39, 0.29) is 72.1 Å². The quantitative estimate of drug-likeness (QED) is 0.0773. The summed E-state index contributed by atoms with van der Waals surface area (Å²) in [7, 11) is 0. The zero-order valence-corrected chi connectivity index (χ0v) is 33.1. The van der Waals surface area contributed by atoms with Gasteiger partial charge in [0.1, 0.15) is 12.1 Å². The number of carbonyl (C=O) groups excluding carboxylic acids is 6. The van der Waals surface area contributed by atoms with Crippen molar-refractivity contribution in [3.05, 3.63) is 29.8 Å². The summed E-state index contributed by atoms with van der Waals surface area (Å²) in [6, 6.07) is 5.24. The summed E-state index contributed by atoms with van der Waals surface area (Å²) < 4.78 is 0. The van der Waals surface area contributed by atoms with E-state index in [1.165, 1.54) is 10.5 Å². The summed E-state index contributed by atoms with van der Waals surface area (Å²) in [6.07, 6.45) is 5.29. The van der Waals surface area contributed by atoms with Crippen LogP contribution < -0.4 is 27.0 Å². The van der Waals surface area contributed by atoms with E-state index in [1.807, 2.05) is 52.0 Å². The van der Waals surface area contributed by atoms with Crippen LogP contribution in [0.3, 0.4) is 0 Å². The molecular formula is C40H66N6O6. The Morgan fingerprint density at radius 1 is 0.904 bits per heavy atom. The number of carbonyl (C=O) groups is 6. The minimum Gasteiger partial charge on any atom is -0.352 e. The first kappa shape index (κ1) is 44.2. The van der Waals surface area contributed by atoms with Gasteiger partial charge in [0, 0.05) is 37.5 Å². The molecule has 5 atom stereocenters. The average molecular weight is 727 g/mol. The van der Waals surface area contributed by atoms with Crippen molar-refractivity contribution in [1.82, 2.24) is 20.9 Å². The summed E-state index contributed by atoms with van der Waals surface area (Å²) in [6.45, 7) is 19.0. The largest absolute Gasteiger partial charge is 0.352 e. The third-order valence-corrected chi connectivity index (χ3v) is 10.3. The molecular weight excluding hydrogens is 660 g/mol. The van der Waals surface area contributed by atoms with Crippen LogP contribution in [0.25, 0.3) is 0 Å². The Labute approximate surface area is 311 Å². The normalized spacial score (nSPS) is 17.1. The summed E-state index contributed by atoms with van der Waals surface area (Å²) in [4.78, 5) is 77.7. The second-order valence-electron chi connectivity index (χ2n) is 16.4. The second kappa shape index (κ2) is 20.9. The standard InChI is InChI=1S/C40H66N6O6/c1-10-40(8,9)24-29-14-16-30(17-15-29)43-36(49)32(12-11-20-42-39(41)52)44-37(50)35(26(4)5)45-33(47)18-13-27(6)22-28(7)19-21-46-34(48)23-31(25(2)3)38(46)51/h14-17,25-28,31-32,35H,10-13,18-24H2,1-9H3,(H,43,49)(H,44,50)(H,45,47)(H3,41,42,52)/t27?,28?,31?,32-,35?/m0/s1. The monoisotopic (exact) mass is 727 g/mol. The maximum absolute atomic E-state index is 13.6. The molecule has 1 heterocycles. The van der Waals surface area contributed by atoms with Gasteiger partial charge in [-0.2, -0.15) is 0 Å². The number of imide groups is 1. The first-order valence-corrected chi connectivity index (χ1v) is 19.2. The summed E-state index contributed by atoms with van der Waals surface area (Å²) in [5.41, 5.74) is 7.13. The van der Waals surface area contributed by atoms with Gasteiger partial charge in [0.05, 0.1) is 0 Å². The highest BCUT2D eigenvalue weighted by Gasteiger charge is 2.39. The number of anilines is 1. The van der Waals surface area contributed by atoms with E-state index in [0.29, 0.717) is 37.9 Å². The lowest BCUT2D eigenvalue weighted by Gasteiger charge is -2.26. The van der Waals surface area contributed by atoms with Crippen LogP contribution in [-0.2, 0) is 30.4 Å². The number of hydrogen-bond acceptors (Lipinski definition) is 6. The molecule has 0 aliphatic carbocycles. The van der Waals surface area contributed by atoms with E-state index >= 15 is 0 Å². The van der Waals surface area contributed by atoms with Gasteiger partial charge < -0.3 is 27.0 Å². The van der Waals surface area contributed by atoms with Gasteiger partial charge in [-0.25, -0.2) is 4.79 Å². The number of nitrogens with two attached hydrogens (primary N) is 1. The lowest BCUT2D eigenvalue weighted by atomic mass is 9.83. The third kappa shape index (κ3) is 14.9. The molecule has 0 radical (unpaired) electrons. The van der Waals surface area contributed by atoms with Crippen molar-refractivity contribution in [2.45, 2.75) is 132 Å². The molecule has 0 bridgehead atoms. The maximum Gasteiger partial charge on any atom is 0.312 e. The lowest BCUT2D eigenvalue weighted by molar-refractivity contribution is -0.140. The van der Waals surface area contributed by atoms with Crippen molar-refractivity contribution in [2.24, 2.45) is 40.7 Å². The van der Waals surface area contributed by atoms with Crippen LogP contribution in [0.4, 0.5) is 10.5 Å². The fraction of sp³-hybridized carbons (Fsp3) is 0.700. The number of nitrogens with zero attached hydrogens (tertiary/aromatic N) is 1. The molecule has 7 amide bonds. The van der Waals surface area contributed by atoms with Crippen LogP contribution in [0, 0.1) is 35.0 Å². The Morgan fingerprint density at radius 2 is 1.54 bits per heavy atom. The Hall–Kier alpha value is -3.96. The van der Waals surface area contributed by atoms with Crippen molar-refractivity contribution >= 4 is 41.3 Å². The van der Waals surface area contributed by atoms with Crippen molar-refractivity contribution in [2.75, 3.05) is 18.4 Å². The maximum atomic E-state index is 13.6. The fourth-order valence-corrected chi connectivity index (χ4v) is 6.56. The molecule has 6 N–H and O–H groups in total. The van der Waals surface area contributed by atoms with Crippen LogP contribution in [-0.4, -0.2) is 65.6 Å². The van der Waals surface area contributed by atoms with E-state index in [1.54, 1.807) is 0 Å². The van der Waals surface area contributed by atoms with Gasteiger partial charge >= 0.3 is 6.03 Å². The molecule has 12 nitrogen and oxygen atoms in total. The number of hydrogen-bond donors (Lipinski definition) is 5. The topological polar surface area (TPSA) is 180 Å². The predicted molar refractivity (Wildman–Crippen MR) is 205 cm³/mol. The van der Waals surface area contributed by atoms with Crippen LogP contribution in [0.2, 0.25) is 0 Å². The van der Waals surface area contributed by atoms with E-state index < -0.39 is 29.9 Å². The average Bonchev–Trinajstić information content (AvgIpc) is 3.35. The first-order valence-electron chi connectivity index (χ1n) is 19.2. The molecule has 292 valence electrons. The molecule has 0 aromatic heterocycles. The molecule has 1 fully saturated rings. The van der Waals surface area contributed by atoms with Gasteiger partial charge in [0.2, 0.25) is 29.5 Å². The SMILES string of the molecule is CCC(C)(C)Cc1ccc(NC(=O)[C@H](CCCNC(N)=O)NC(=O)C(NC(=O)CCC(C)CC(C)CCN2C(=O)CC(C(C)C)C2=O)C(C)C)cc1. The van der Waals surface area contributed by atoms with E-state index in [9.17, 15) is 28.8 Å². The minimum atomic E-state index is -0.914. The fourth-order valence-electron chi connectivity index (χ4n) is 6.56. The van der Waals surface area contributed by atoms with Gasteiger partial charge in [-0.1, -0.05) is 80.9 Å². The van der Waals surface area contributed by atoms with Crippen LogP contribution in [0.1, 0.15) is 119 Å². The predicted octanol–water partition coefficient (Wildman–Crippen LogP) is 5.54. The van der Waals surface area contributed by atoms with Gasteiger partial charge in [-0.05, 0) is 85.3 Å². The van der Waals surface area contributed by atoms with Gasteiger partial charge in [0.25, 0.3) is 0 Å². The Bertz CT molecular complexity index is 1360. The molecule has 0 saturated carbocycles. The summed E-state index contributed by atoms with van der Waals surface area (Å²) >= 11 is 0. The van der Waals surface area contributed by atoms with E-state index in [0.717, 1.165) is 19.3 Å². The lowest BCUT2D eigenvalue weighted by Crippen LogP contribution is -2.54. The molecule has 12 heteroatoms. The van der Waals surface area contributed by atoms with E-state index in [2.05, 4.69) is 55.9 Å². The number of amides is 7. The summed E-state index contributed by atoms with van der Waals surface area (Å²) in [5.74, 6) is -1.12. The number of urea groups is 1. The molecule has 2 rings (SSSR count). The number of primary amides is 1. The minimum absolute atomic E-state index is 0.0653. The molecule has 4 unspecified atom stereocenters. The zero-order chi connectivity index (χ0) is 39.2. The third-order valence-electron chi connectivity index (χ3n) is 10.3. The first-order chi connectivity index (χ1) is 24.3. The number of likely N-dealkylation sites (tertiary alicyclic amines) is 1. The van der Waals surface area contributed by atoms with Crippen molar-refractivity contribution < 1.29 is 28.8 Å². The van der Waals surface area contributed by atoms with E-state index in [4.69, 9.17) is 5.73 Å². The number of nitrogens with one attached hydrogen (secondary N) is 4. The van der Waals surface area contributed by atoms with Crippen molar-refractivity contribution in [1.29, 1.82) is 0 Å². The molecule has 1 saturated heterocycles. The molecule has 0 spiro atoms. The highest BCUT2D eigenvalue weighted by atomic mass is 16.2. The highest BCUT2D eigenvalue weighted by Crippen LogP contribution is 2.28. The Balaban J connectivity index is 1.95. The van der Waals surface area contributed by atoms with Crippen molar-refractivity contribution in [3.63, 3.8) is 0 Å². The zero-order valence-electron chi connectivity index (χ0n) is 33.1. The van der Waals surface area contributed by atoms with Crippen molar-refractivity contribution in [3.8, 4) is 0 Å². The van der Waals surface area contributed by atoms with Gasteiger partial charge in [-0.15, -0.1) is 0 Å². The Kier molecular flexibility index (Phi) is 17.8. The Morgan fingerprint density at radius 3 is 2.10 bits per heavy atom. The van der Waals surface area contributed by atoms with Gasteiger partial charge in [-0.3, -0.25) is 28.9 Å². The summed E-state index contributed by atoms with van der Waals surface area (Å²) in [5, 5.41) is 11.1. The van der Waals surface area contributed by atoms with Crippen LogP contribution in [0.5, 0.6) is 0 Å². The second-order valence-corrected chi connectivity index (χ2v) is 16.4. The number of rotatable bonds is 22. The van der Waals surface area contributed by atoms with Crippen LogP contribution >= 0.6 is 0 Å². The van der Waals surface area contributed by atoms with Crippen LogP contribution in [0.15, 0.2) is 24.3 Å². The molecule has 52 heavy (non-hydrogen) atoms. The smallest absolute Gasteiger partial charge is 0.312 e.